The van der Waals surface area contributed by atoms with Crippen LogP contribution in [0.4, 0.5) is 0 Å². The van der Waals surface area contributed by atoms with Gasteiger partial charge in [0, 0.05) is 23.7 Å². The van der Waals surface area contributed by atoms with Crippen LogP contribution in [0.2, 0.25) is 5.02 Å². The summed E-state index contributed by atoms with van der Waals surface area (Å²) in [4.78, 5) is 23.5. The van der Waals surface area contributed by atoms with E-state index in [0.29, 0.717) is 36.0 Å². The Bertz CT molecular complexity index is 641. The van der Waals surface area contributed by atoms with Gasteiger partial charge in [0.25, 0.3) is 5.91 Å². The summed E-state index contributed by atoms with van der Waals surface area (Å²) < 4.78 is 10.7. The Morgan fingerprint density at radius 2 is 1.88 bits per heavy atom. The van der Waals surface area contributed by atoms with Gasteiger partial charge in [0.05, 0.1) is 6.61 Å². The Kier molecular flexibility index (Phi) is 7.48. The summed E-state index contributed by atoms with van der Waals surface area (Å²) in [6, 6.07) is 6.77. The molecule has 7 heteroatoms. The number of hydrogen-bond donors (Lipinski definition) is 2. The fraction of sp³-hybridized carbons (Fsp3) is 0.474. The number of carbonyl (C=O) groups is 2. The molecule has 0 aliphatic heterocycles. The van der Waals surface area contributed by atoms with Crippen molar-refractivity contribution in [3.05, 3.63) is 41.6 Å². The molecule has 2 rings (SSSR count). The topological polar surface area (TPSA) is 76.7 Å². The Labute approximate surface area is 158 Å². The zero-order valence-corrected chi connectivity index (χ0v) is 15.7. The lowest BCUT2D eigenvalue weighted by Crippen LogP contribution is -2.32. The Morgan fingerprint density at radius 3 is 2.54 bits per heavy atom. The average Bonchev–Trinajstić information content (AvgIpc) is 3.31. The molecule has 2 amide bonds. The second-order valence-electron chi connectivity index (χ2n) is 6.80. The molecule has 0 radical (unpaired) electrons. The summed E-state index contributed by atoms with van der Waals surface area (Å²) in [5.41, 5.74) is 0.797. The molecule has 0 bridgehead atoms. The summed E-state index contributed by atoms with van der Waals surface area (Å²) >= 11 is 5.78. The highest BCUT2D eigenvalue weighted by atomic mass is 35.5. The van der Waals surface area contributed by atoms with Gasteiger partial charge in [0.1, 0.15) is 12.4 Å². The lowest BCUT2D eigenvalue weighted by molar-refractivity contribution is -0.125. The lowest BCUT2D eigenvalue weighted by atomic mass is 10.2. The SMILES string of the molecule is C=C(CCNC(=O)COc1ccc(Cl)cc1)NC(=O)COCC1(C)CC1. The zero-order valence-electron chi connectivity index (χ0n) is 15.0. The maximum Gasteiger partial charge on any atom is 0.257 e. The van der Waals surface area contributed by atoms with Gasteiger partial charge in [-0.3, -0.25) is 9.59 Å². The van der Waals surface area contributed by atoms with Crippen molar-refractivity contribution >= 4 is 23.4 Å². The second kappa shape index (κ2) is 9.59. The van der Waals surface area contributed by atoms with Crippen LogP contribution in [0.3, 0.4) is 0 Å². The van der Waals surface area contributed by atoms with Crippen LogP contribution in [0.5, 0.6) is 5.75 Å². The third kappa shape index (κ3) is 7.89. The fourth-order valence-corrected chi connectivity index (χ4v) is 2.25. The summed E-state index contributed by atoms with van der Waals surface area (Å²) in [7, 11) is 0. The number of rotatable bonds is 11. The van der Waals surface area contributed by atoms with Gasteiger partial charge in [-0.25, -0.2) is 0 Å². The minimum Gasteiger partial charge on any atom is -0.484 e. The standard InChI is InChI=1S/C19H25ClN2O4/c1-14(22-18(24)11-25-13-19(2)8-9-19)7-10-21-17(23)12-26-16-5-3-15(20)4-6-16/h3-6H,1,7-13H2,2H3,(H,21,23)(H,22,24). The Balaban J connectivity index is 1.52. The monoisotopic (exact) mass is 380 g/mol. The van der Waals surface area contributed by atoms with Crippen molar-refractivity contribution in [2.45, 2.75) is 26.2 Å². The molecular weight excluding hydrogens is 356 g/mol. The highest BCUT2D eigenvalue weighted by molar-refractivity contribution is 6.30. The third-order valence-corrected chi connectivity index (χ3v) is 4.29. The van der Waals surface area contributed by atoms with Crippen molar-refractivity contribution < 1.29 is 19.1 Å². The minimum atomic E-state index is -0.250. The maximum absolute atomic E-state index is 11.7. The van der Waals surface area contributed by atoms with Gasteiger partial charge < -0.3 is 20.1 Å². The van der Waals surface area contributed by atoms with Crippen LogP contribution in [0.15, 0.2) is 36.5 Å². The first-order valence-corrected chi connectivity index (χ1v) is 8.95. The van der Waals surface area contributed by atoms with E-state index >= 15 is 0 Å². The molecule has 1 saturated carbocycles. The van der Waals surface area contributed by atoms with Crippen molar-refractivity contribution in [3.63, 3.8) is 0 Å². The number of carbonyl (C=O) groups excluding carboxylic acids is 2. The van der Waals surface area contributed by atoms with E-state index in [9.17, 15) is 9.59 Å². The second-order valence-corrected chi connectivity index (χ2v) is 7.23. The molecule has 0 atom stereocenters. The molecule has 1 aromatic rings. The number of amides is 2. The molecule has 26 heavy (non-hydrogen) atoms. The molecule has 0 heterocycles. The number of ether oxygens (including phenoxy) is 2. The van der Waals surface area contributed by atoms with Crippen LogP contribution in [0.25, 0.3) is 0 Å². The summed E-state index contributed by atoms with van der Waals surface area (Å²) in [5, 5.41) is 5.98. The van der Waals surface area contributed by atoms with Crippen LogP contribution in [0.1, 0.15) is 26.2 Å². The molecule has 6 nitrogen and oxygen atoms in total. The van der Waals surface area contributed by atoms with Gasteiger partial charge in [-0.05, 0) is 42.5 Å². The summed E-state index contributed by atoms with van der Waals surface area (Å²) in [5.74, 6) is 0.0954. The van der Waals surface area contributed by atoms with E-state index in [0.717, 1.165) is 12.8 Å². The maximum atomic E-state index is 11.7. The van der Waals surface area contributed by atoms with Gasteiger partial charge in [0.2, 0.25) is 5.91 Å². The predicted molar refractivity (Wildman–Crippen MR) is 100 cm³/mol. The van der Waals surface area contributed by atoms with E-state index < -0.39 is 0 Å². The Morgan fingerprint density at radius 1 is 1.19 bits per heavy atom. The van der Waals surface area contributed by atoms with Crippen molar-refractivity contribution in [1.29, 1.82) is 0 Å². The number of halogens is 1. The first-order chi connectivity index (χ1) is 12.4. The van der Waals surface area contributed by atoms with Crippen LogP contribution < -0.4 is 15.4 Å². The van der Waals surface area contributed by atoms with Crippen molar-refractivity contribution in [2.75, 3.05) is 26.4 Å². The highest BCUT2D eigenvalue weighted by Gasteiger charge is 2.37. The zero-order chi connectivity index (χ0) is 19.0. The predicted octanol–water partition coefficient (Wildman–Crippen LogP) is 2.67. The summed E-state index contributed by atoms with van der Waals surface area (Å²) in [6.45, 7) is 6.83. The molecular formula is C19H25ClN2O4. The number of hydrogen-bond acceptors (Lipinski definition) is 4. The molecule has 0 saturated heterocycles. The van der Waals surface area contributed by atoms with E-state index in [4.69, 9.17) is 21.1 Å². The normalized spacial score (nSPS) is 14.4. The molecule has 0 aromatic heterocycles. The van der Waals surface area contributed by atoms with E-state index in [1.807, 2.05) is 0 Å². The molecule has 1 fully saturated rings. The lowest BCUT2D eigenvalue weighted by Gasteiger charge is -2.12. The van der Waals surface area contributed by atoms with Crippen molar-refractivity contribution in [1.82, 2.24) is 10.6 Å². The van der Waals surface area contributed by atoms with Gasteiger partial charge in [-0.2, -0.15) is 0 Å². The van der Waals surface area contributed by atoms with Crippen LogP contribution in [0, 0.1) is 5.41 Å². The van der Waals surface area contributed by atoms with E-state index in [-0.39, 0.29) is 30.4 Å². The highest BCUT2D eigenvalue weighted by Crippen LogP contribution is 2.44. The first-order valence-electron chi connectivity index (χ1n) is 8.57. The summed E-state index contributed by atoms with van der Waals surface area (Å²) in [6.07, 6.45) is 2.75. The fourth-order valence-electron chi connectivity index (χ4n) is 2.13. The molecule has 1 aliphatic carbocycles. The van der Waals surface area contributed by atoms with Crippen molar-refractivity contribution in [3.8, 4) is 5.75 Å². The molecule has 1 aliphatic rings. The van der Waals surface area contributed by atoms with Crippen LogP contribution in [-0.4, -0.2) is 38.2 Å². The minimum absolute atomic E-state index is 0.0237. The van der Waals surface area contributed by atoms with Crippen molar-refractivity contribution in [2.24, 2.45) is 5.41 Å². The van der Waals surface area contributed by atoms with Gasteiger partial charge in [-0.1, -0.05) is 25.1 Å². The molecule has 0 spiro atoms. The van der Waals surface area contributed by atoms with Crippen LogP contribution in [-0.2, 0) is 14.3 Å². The molecule has 0 unspecified atom stereocenters. The van der Waals surface area contributed by atoms with E-state index in [1.54, 1.807) is 24.3 Å². The molecule has 142 valence electrons. The number of nitrogens with one attached hydrogen (secondary N) is 2. The third-order valence-electron chi connectivity index (χ3n) is 4.04. The van der Waals surface area contributed by atoms with Crippen LogP contribution >= 0.6 is 11.6 Å². The van der Waals surface area contributed by atoms with E-state index in [1.165, 1.54) is 0 Å². The average molecular weight is 381 g/mol. The molecule has 2 N–H and O–H groups in total. The largest absolute Gasteiger partial charge is 0.484 e. The molecule has 1 aromatic carbocycles. The van der Waals surface area contributed by atoms with Gasteiger partial charge in [-0.15, -0.1) is 0 Å². The first kappa shape index (κ1) is 20.3. The number of benzene rings is 1. The quantitative estimate of drug-likeness (QED) is 0.618. The smallest absolute Gasteiger partial charge is 0.257 e. The van der Waals surface area contributed by atoms with Gasteiger partial charge in [0.15, 0.2) is 6.61 Å². The Hall–Kier alpha value is -2.05. The van der Waals surface area contributed by atoms with Gasteiger partial charge >= 0.3 is 0 Å². The van der Waals surface area contributed by atoms with E-state index in [2.05, 4.69) is 24.1 Å².